The standard InChI is InChI=1S/C13H21N5O3/c1-3-13(11(19)20)5-4-6-18(8-13)12(21)14-7-10-16-15-9-17(10)2/h9H,3-8H2,1-2H3,(H,14,21)(H,19,20). The van der Waals surface area contributed by atoms with Crippen molar-refractivity contribution < 1.29 is 14.7 Å². The fourth-order valence-corrected chi connectivity index (χ4v) is 2.65. The summed E-state index contributed by atoms with van der Waals surface area (Å²) in [7, 11) is 1.80. The van der Waals surface area contributed by atoms with Gasteiger partial charge in [0, 0.05) is 20.1 Å². The lowest BCUT2D eigenvalue weighted by Crippen LogP contribution is -2.52. The zero-order chi connectivity index (χ0) is 15.5. The molecule has 1 aliphatic heterocycles. The Balaban J connectivity index is 1.96. The summed E-state index contributed by atoms with van der Waals surface area (Å²) in [6.07, 6.45) is 3.41. The fraction of sp³-hybridized carbons (Fsp3) is 0.692. The van der Waals surface area contributed by atoms with Crippen LogP contribution >= 0.6 is 0 Å². The third kappa shape index (κ3) is 3.14. The first-order chi connectivity index (χ1) is 9.98. The van der Waals surface area contributed by atoms with Gasteiger partial charge in [-0.15, -0.1) is 10.2 Å². The number of nitrogens with zero attached hydrogens (tertiary/aromatic N) is 4. The molecule has 1 aromatic heterocycles. The molecule has 1 aromatic rings. The van der Waals surface area contributed by atoms with Gasteiger partial charge in [-0.25, -0.2) is 4.79 Å². The van der Waals surface area contributed by atoms with E-state index in [1.165, 1.54) is 0 Å². The molecule has 1 atom stereocenters. The van der Waals surface area contributed by atoms with Gasteiger partial charge in [0.25, 0.3) is 0 Å². The van der Waals surface area contributed by atoms with E-state index in [4.69, 9.17) is 0 Å². The number of hydrogen-bond acceptors (Lipinski definition) is 4. The summed E-state index contributed by atoms with van der Waals surface area (Å²) in [6, 6.07) is -0.253. The van der Waals surface area contributed by atoms with Gasteiger partial charge in [-0.1, -0.05) is 6.92 Å². The van der Waals surface area contributed by atoms with Crippen LogP contribution in [0.4, 0.5) is 4.79 Å². The molecule has 1 unspecified atom stereocenters. The van der Waals surface area contributed by atoms with Gasteiger partial charge in [-0.2, -0.15) is 0 Å². The Morgan fingerprint density at radius 1 is 1.52 bits per heavy atom. The van der Waals surface area contributed by atoms with Crippen molar-refractivity contribution in [3.63, 3.8) is 0 Å². The Bertz CT molecular complexity index is 530. The van der Waals surface area contributed by atoms with Crippen LogP contribution in [-0.4, -0.2) is 49.9 Å². The van der Waals surface area contributed by atoms with Crippen molar-refractivity contribution in [1.29, 1.82) is 0 Å². The summed E-state index contributed by atoms with van der Waals surface area (Å²) < 4.78 is 1.73. The lowest BCUT2D eigenvalue weighted by atomic mass is 9.78. The summed E-state index contributed by atoms with van der Waals surface area (Å²) in [5, 5.41) is 19.8. The van der Waals surface area contributed by atoms with E-state index in [-0.39, 0.29) is 19.1 Å². The second kappa shape index (κ2) is 6.11. The predicted octanol–water partition coefficient (Wildman–Crippen LogP) is 0.602. The maximum atomic E-state index is 12.2. The van der Waals surface area contributed by atoms with Crippen molar-refractivity contribution in [2.75, 3.05) is 13.1 Å². The Labute approximate surface area is 123 Å². The molecule has 2 N–H and O–H groups in total. The molecule has 0 aliphatic carbocycles. The first kappa shape index (κ1) is 15.3. The van der Waals surface area contributed by atoms with Gasteiger partial charge in [0.15, 0.2) is 5.82 Å². The maximum absolute atomic E-state index is 12.2. The number of rotatable bonds is 4. The van der Waals surface area contributed by atoms with E-state index in [2.05, 4.69) is 15.5 Å². The highest BCUT2D eigenvalue weighted by Crippen LogP contribution is 2.33. The smallest absolute Gasteiger partial charge is 0.317 e. The van der Waals surface area contributed by atoms with Crippen LogP contribution in [0.3, 0.4) is 0 Å². The Morgan fingerprint density at radius 2 is 2.29 bits per heavy atom. The van der Waals surface area contributed by atoms with Crippen molar-refractivity contribution in [3.8, 4) is 0 Å². The summed E-state index contributed by atoms with van der Waals surface area (Å²) in [5.41, 5.74) is -0.819. The largest absolute Gasteiger partial charge is 0.481 e. The normalized spacial score (nSPS) is 22.1. The van der Waals surface area contributed by atoms with Crippen LogP contribution in [0.2, 0.25) is 0 Å². The van der Waals surface area contributed by atoms with E-state index in [1.54, 1.807) is 22.8 Å². The number of aliphatic carboxylic acids is 1. The van der Waals surface area contributed by atoms with Crippen molar-refractivity contribution in [2.24, 2.45) is 12.5 Å². The number of aryl methyl sites for hydroxylation is 1. The molecule has 2 rings (SSSR count). The van der Waals surface area contributed by atoms with Crippen molar-refractivity contribution in [1.82, 2.24) is 25.0 Å². The number of likely N-dealkylation sites (tertiary alicyclic amines) is 1. The lowest BCUT2D eigenvalue weighted by Gasteiger charge is -2.39. The Morgan fingerprint density at radius 3 is 2.86 bits per heavy atom. The average Bonchev–Trinajstić information content (AvgIpc) is 2.89. The molecule has 0 spiro atoms. The number of hydrogen-bond donors (Lipinski definition) is 2. The Hall–Kier alpha value is -2.12. The molecule has 8 heteroatoms. The molecule has 116 valence electrons. The van der Waals surface area contributed by atoms with Crippen LogP contribution in [0.15, 0.2) is 6.33 Å². The molecule has 0 radical (unpaired) electrons. The van der Waals surface area contributed by atoms with Gasteiger partial charge >= 0.3 is 12.0 Å². The van der Waals surface area contributed by atoms with E-state index in [0.717, 1.165) is 0 Å². The highest BCUT2D eigenvalue weighted by atomic mass is 16.4. The summed E-state index contributed by atoms with van der Waals surface area (Å²) in [5.74, 6) is -0.170. The topological polar surface area (TPSA) is 100 Å². The Kier molecular flexibility index (Phi) is 4.44. The molecule has 21 heavy (non-hydrogen) atoms. The highest BCUT2D eigenvalue weighted by molar-refractivity contribution is 5.78. The van der Waals surface area contributed by atoms with Crippen LogP contribution in [0.5, 0.6) is 0 Å². The number of carbonyl (C=O) groups is 2. The average molecular weight is 295 g/mol. The number of amides is 2. The highest BCUT2D eigenvalue weighted by Gasteiger charge is 2.42. The SMILES string of the molecule is CCC1(C(=O)O)CCCN(C(=O)NCc2nncn2C)C1. The molecule has 1 fully saturated rings. The minimum Gasteiger partial charge on any atom is -0.481 e. The van der Waals surface area contributed by atoms with Gasteiger partial charge < -0.3 is 19.9 Å². The predicted molar refractivity (Wildman–Crippen MR) is 74.4 cm³/mol. The third-order valence-corrected chi connectivity index (χ3v) is 4.20. The number of carbonyl (C=O) groups excluding carboxylic acids is 1. The lowest BCUT2D eigenvalue weighted by molar-refractivity contribution is -0.152. The van der Waals surface area contributed by atoms with E-state index in [9.17, 15) is 14.7 Å². The minimum absolute atomic E-state index is 0.253. The molecule has 0 bridgehead atoms. The third-order valence-electron chi connectivity index (χ3n) is 4.20. The van der Waals surface area contributed by atoms with Crippen molar-refractivity contribution in [2.45, 2.75) is 32.7 Å². The van der Waals surface area contributed by atoms with Gasteiger partial charge in [-0.3, -0.25) is 4.79 Å². The number of carboxylic acid groups (broad SMARTS) is 1. The van der Waals surface area contributed by atoms with E-state index in [0.29, 0.717) is 31.6 Å². The maximum Gasteiger partial charge on any atom is 0.317 e. The summed E-state index contributed by atoms with van der Waals surface area (Å²) in [4.78, 5) is 25.3. The van der Waals surface area contributed by atoms with Crippen LogP contribution in [-0.2, 0) is 18.4 Å². The molecule has 2 amide bonds. The monoisotopic (exact) mass is 295 g/mol. The molecule has 0 saturated carbocycles. The summed E-state index contributed by atoms with van der Waals surface area (Å²) in [6.45, 7) is 2.97. The molecular formula is C13H21N5O3. The second-order valence-corrected chi connectivity index (χ2v) is 5.48. The van der Waals surface area contributed by atoms with Gasteiger partial charge in [0.05, 0.1) is 12.0 Å². The van der Waals surface area contributed by atoms with Crippen LogP contribution in [0.25, 0.3) is 0 Å². The van der Waals surface area contributed by atoms with E-state index >= 15 is 0 Å². The van der Waals surface area contributed by atoms with Gasteiger partial charge in [0.1, 0.15) is 6.33 Å². The van der Waals surface area contributed by atoms with Gasteiger partial charge in [0.2, 0.25) is 0 Å². The number of urea groups is 1. The number of piperidine rings is 1. The molecule has 1 aliphatic rings. The zero-order valence-electron chi connectivity index (χ0n) is 12.4. The van der Waals surface area contributed by atoms with Crippen LogP contribution in [0, 0.1) is 5.41 Å². The van der Waals surface area contributed by atoms with Crippen LogP contribution < -0.4 is 5.32 Å². The summed E-state index contributed by atoms with van der Waals surface area (Å²) >= 11 is 0. The molecular weight excluding hydrogens is 274 g/mol. The number of carboxylic acids is 1. The first-order valence-electron chi connectivity index (χ1n) is 7.07. The minimum atomic E-state index is -0.823. The molecule has 0 aromatic carbocycles. The van der Waals surface area contributed by atoms with E-state index < -0.39 is 11.4 Å². The van der Waals surface area contributed by atoms with Crippen molar-refractivity contribution >= 4 is 12.0 Å². The number of nitrogens with one attached hydrogen (secondary N) is 1. The first-order valence-corrected chi connectivity index (χ1v) is 7.07. The second-order valence-electron chi connectivity index (χ2n) is 5.48. The zero-order valence-corrected chi connectivity index (χ0v) is 12.4. The molecule has 8 nitrogen and oxygen atoms in total. The van der Waals surface area contributed by atoms with Crippen LogP contribution in [0.1, 0.15) is 32.0 Å². The molecule has 1 saturated heterocycles. The van der Waals surface area contributed by atoms with E-state index in [1.807, 2.05) is 6.92 Å². The van der Waals surface area contributed by atoms with Gasteiger partial charge in [-0.05, 0) is 19.3 Å². The number of aromatic nitrogens is 3. The molecule has 2 heterocycles. The van der Waals surface area contributed by atoms with Crippen molar-refractivity contribution in [3.05, 3.63) is 12.2 Å². The quantitative estimate of drug-likeness (QED) is 0.847. The fourth-order valence-electron chi connectivity index (χ4n) is 2.65.